The molecule has 2 aromatic heterocycles. The van der Waals surface area contributed by atoms with Gasteiger partial charge >= 0.3 is 12.1 Å². The Bertz CT molecular complexity index is 1350. The quantitative estimate of drug-likeness (QED) is 0.438. The summed E-state index contributed by atoms with van der Waals surface area (Å²) in [5.41, 5.74) is 6.52. The number of fused-ring (bicyclic) bond motifs is 1. The maximum absolute atomic E-state index is 12.1. The zero-order valence-electron chi connectivity index (χ0n) is 20.0. The predicted molar refractivity (Wildman–Crippen MR) is 137 cm³/mol. The van der Waals surface area contributed by atoms with E-state index in [9.17, 15) is 18.0 Å². The number of ether oxygens (including phenoxy) is 1. The van der Waals surface area contributed by atoms with Crippen molar-refractivity contribution in [2.75, 3.05) is 37.7 Å². The SMILES string of the molecule is O=C(O)C(F)(F)F.O=C1NCCc2[nH]c(-c3ccnc(/C=C/c4c(Cl)cccc4N4CCOCC4)c3)cc21. The molecule has 0 saturated carbocycles. The second-order valence-corrected chi connectivity index (χ2v) is 8.87. The topological polar surface area (TPSA) is 108 Å². The lowest BCUT2D eigenvalue weighted by molar-refractivity contribution is -0.192. The van der Waals surface area contributed by atoms with Crippen molar-refractivity contribution in [3.05, 3.63) is 70.1 Å². The van der Waals surface area contributed by atoms with E-state index in [-0.39, 0.29) is 5.91 Å². The number of halogens is 4. The minimum atomic E-state index is -5.08. The number of hydrogen-bond donors (Lipinski definition) is 3. The van der Waals surface area contributed by atoms with Crippen LogP contribution in [0.1, 0.15) is 27.3 Å². The Balaban J connectivity index is 0.000000426. The highest BCUT2D eigenvalue weighted by atomic mass is 35.5. The molecule has 0 aliphatic carbocycles. The highest BCUT2D eigenvalue weighted by Crippen LogP contribution is 2.30. The van der Waals surface area contributed by atoms with E-state index < -0.39 is 12.1 Å². The zero-order chi connectivity index (χ0) is 27.3. The molecule has 1 amide bonds. The fraction of sp³-hybridized carbons (Fsp3) is 0.269. The monoisotopic (exact) mass is 548 g/mol. The van der Waals surface area contributed by atoms with Gasteiger partial charge in [0.2, 0.25) is 0 Å². The molecule has 2 aliphatic heterocycles. The molecule has 5 rings (SSSR count). The normalized spacial score (nSPS) is 15.5. The number of aromatic nitrogens is 2. The van der Waals surface area contributed by atoms with Gasteiger partial charge in [-0.2, -0.15) is 13.2 Å². The summed E-state index contributed by atoms with van der Waals surface area (Å²) >= 11 is 6.54. The van der Waals surface area contributed by atoms with E-state index in [2.05, 4.69) is 26.3 Å². The van der Waals surface area contributed by atoms with Crippen molar-refractivity contribution >= 4 is 41.3 Å². The van der Waals surface area contributed by atoms with Crippen LogP contribution in [0, 0.1) is 0 Å². The number of nitrogens with one attached hydrogen (secondary N) is 2. The summed E-state index contributed by atoms with van der Waals surface area (Å²) in [4.78, 5) is 31.1. The molecule has 0 atom stereocenters. The molecule has 0 unspecified atom stereocenters. The number of carboxylic acids is 1. The second-order valence-electron chi connectivity index (χ2n) is 8.46. The van der Waals surface area contributed by atoms with Crippen molar-refractivity contribution in [1.29, 1.82) is 0 Å². The molecule has 2 aliphatic rings. The predicted octanol–water partition coefficient (Wildman–Crippen LogP) is 4.66. The molecule has 0 radical (unpaired) electrons. The van der Waals surface area contributed by atoms with Crippen LogP contribution in [0.2, 0.25) is 5.02 Å². The van der Waals surface area contributed by atoms with E-state index in [0.717, 1.165) is 72.2 Å². The molecule has 3 N–H and O–H groups in total. The first-order valence-corrected chi connectivity index (χ1v) is 12.1. The van der Waals surface area contributed by atoms with Crippen LogP contribution in [0.15, 0.2) is 42.6 Å². The molecular weight excluding hydrogens is 525 g/mol. The van der Waals surface area contributed by atoms with Crippen LogP contribution in [0.3, 0.4) is 0 Å². The number of amides is 1. The van der Waals surface area contributed by atoms with Gasteiger partial charge in [-0.3, -0.25) is 9.78 Å². The van der Waals surface area contributed by atoms with Gasteiger partial charge in [-0.15, -0.1) is 0 Å². The second kappa shape index (κ2) is 11.7. The molecule has 4 heterocycles. The molecule has 8 nitrogen and oxygen atoms in total. The Kier molecular flexibility index (Phi) is 8.38. The Labute approximate surface area is 221 Å². The molecule has 38 heavy (non-hydrogen) atoms. The molecule has 1 fully saturated rings. The largest absolute Gasteiger partial charge is 0.490 e. The van der Waals surface area contributed by atoms with E-state index in [1.807, 2.05) is 42.5 Å². The lowest BCUT2D eigenvalue weighted by atomic mass is 10.1. The number of pyridine rings is 1. The molecule has 3 aromatic rings. The molecule has 0 spiro atoms. The highest BCUT2D eigenvalue weighted by molar-refractivity contribution is 6.32. The van der Waals surface area contributed by atoms with Crippen LogP contribution >= 0.6 is 11.6 Å². The third kappa shape index (κ3) is 6.53. The fourth-order valence-electron chi connectivity index (χ4n) is 4.10. The van der Waals surface area contributed by atoms with Gasteiger partial charge in [0, 0.05) is 65.5 Å². The Hall–Kier alpha value is -3.83. The zero-order valence-corrected chi connectivity index (χ0v) is 20.8. The summed E-state index contributed by atoms with van der Waals surface area (Å²) < 4.78 is 37.2. The molecule has 1 saturated heterocycles. The number of H-pyrrole nitrogens is 1. The van der Waals surface area contributed by atoms with Crippen LogP contribution in [-0.2, 0) is 16.0 Å². The summed E-state index contributed by atoms with van der Waals surface area (Å²) in [6, 6.07) is 11.8. The number of carbonyl (C=O) groups excluding carboxylic acids is 1. The molecule has 0 bridgehead atoms. The fourth-order valence-corrected chi connectivity index (χ4v) is 4.33. The molecular formula is C26H24ClF3N4O4. The molecule has 200 valence electrons. The number of hydrogen-bond acceptors (Lipinski definition) is 5. The van der Waals surface area contributed by atoms with Crippen molar-refractivity contribution in [2.45, 2.75) is 12.6 Å². The van der Waals surface area contributed by atoms with Gasteiger partial charge in [0.15, 0.2) is 0 Å². The maximum atomic E-state index is 12.1. The summed E-state index contributed by atoms with van der Waals surface area (Å²) in [5, 5.41) is 10.7. The average Bonchev–Trinajstić information content (AvgIpc) is 3.34. The van der Waals surface area contributed by atoms with E-state index in [4.69, 9.17) is 26.2 Å². The number of benzene rings is 1. The van der Waals surface area contributed by atoms with E-state index in [0.29, 0.717) is 11.6 Å². The summed E-state index contributed by atoms with van der Waals surface area (Å²) in [6.45, 7) is 3.80. The number of nitrogens with zero attached hydrogens (tertiary/aromatic N) is 2. The first kappa shape index (κ1) is 27.2. The number of morpholine rings is 1. The van der Waals surface area contributed by atoms with Crippen LogP contribution in [0.5, 0.6) is 0 Å². The van der Waals surface area contributed by atoms with Crippen molar-refractivity contribution < 1.29 is 32.6 Å². The van der Waals surface area contributed by atoms with Crippen LogP contribution in [-0.4, -0.2) is 66.0 Å². The van der Waals surface area contributed by atoms with Gasteiger partial charge in [0.1, 0.15) is 0 Å². The Morgan fingerprint density at radius 3 is 2.58 bits per heavy atom. The summed E-state index contributed by atoms with van der Waals surface area (Å²) in [5.74, 6) is -2.78. The lowest BCUT2D eigenvalue weighted by Crippen LogP contribution is -2.36. The van der Waals surface area contributed by atoms with Gasteiger partial charge in [-0.05, 0) is 42.5 Å². The summed E-state index contributed by atoms with van der Waals surface area (Å²) in [6.07, 6.45) is 1.51. The van der Waals surface area contributed by atoms with Gasteiger partial charge in [0.25, 0.3) is 5.91 Å². The third-order valence-corrected chi connectivity index (χ3v) is 6.27. The van der Waals surface area contributed by atoms with Gasteiger partial charge in [-0.25, -0.2) is 4.79 Å². The van der Waals surface area contributed by atoms with E-state index in [1.54, 1.807) is 6.20 Å². The van der Waals surface area contributed by atoms with Crippen molar-refractivity contribution in [3.63, 3.8) is 0 Å². The number of carbonyl (C=O) groups is 2. The van der Waals surface area contributed by atoms with Gasteiger partial charge in [-0.1, -0.05) is 17.7 Å². The van der Waals surface area contributed by atoms with Crippen LogP contribution in [0.25, 0.3) is 23.4 Å². The van der Waals surface area contributed by atoms with Crippen molar-refractivity contribution in [1.82, 2.24) is 15.3 Å². The van der Waals surface area contributed by atoms with Crippen molar-refractivity contribution in [3.8, 4) is 11.3 Å². The third-order valence-electron chi connectivity index (χ3n) is 5.94. The smallest absolute Gasteiger partial charge is 0.475 e. The number of carboxylic acid groups (broad SMARTS) is 1. The first-order chi connectivity index (χ1) is 18.1. The Morgan fingerprint density at radius 2 is 1.89 bits per heavy atom. The number of aromatic amines is 1. The minimum Gasteiger partial charge on any atom is -0.475 e. The standard InChI is InChI=1S/C24H23ClN4O2.C2HF3O2/c25-20-2-1-3-23(29-10-12-31-13-11-29)18(20)5-4-17-14-16(6-8-26-17)22-15-19-21(28-22)7-9-27-24(19)30;3-2(4,5)1(6)7/h1-6,8,14-15,28H,7,9-13H2,(H,27,30);(H,6,7)/b5-4+;. The molecule has 1 aromatic carbocycles. The number of anilines is 1. The maximum Gasteiger partial charge on any atom is 0.490 e. The van der Waals surface area contributed by atoms with E-state index in [1.165, 1.54) is 0 Å². The van der Waals surface area contributed by atoms with Gasteiger partial charge < -0.3 is 25.0 Å². The highest BCUT2D eigenvalue weighted by Gasteiger charge is 2.38. The van der Waals surface area contributed by atoms with Gasteiger partial charge in [0.05, 0.1) is 24.5 Å². The lowest BCUT2D eigenvalue weighted by Gasteiger charge is -2.30. The average molecular weight is 549 g/mol. The van der Waals surface area contributed by atoms with Crippen LogP contribution < -0.4 is 10.2 Å². The Morgan fingerprint density at radius 1 is 1.16 bits per heavy atom. The number of rotatable bonds is 4. The molecule has 12 heteroatoms. The van der Waals surface area contributed by atoms with Crippen molar-refractivity contribution in [2.24, 2.45) is 0 Å². The minimum absolute atomic E-state index is 0.0210. The summed E-state index contributed by atoms with van der Waals surface area (Å²) in [7, 11) is 0. The number of alkyl halides is 3. The number of aliphatic carboxylic acids is 1. The van der Waals surface area contributed by atoms with Crippen LogP contribution in [0.4, 0.5) is 18.9 Å². The first-order valence-electron chi connectivity index (χ1n) is 11.7. The van der Waals surface area contributed by atoms with E-state index >= 15 is 0 Å².